The highest BCUT2D eigenvalue weighted by Gasteiger charge is 2.37. The van der Waals surface area contributed by atoms with E-state index in [9.17, 15) is 14.9 Å². The van der Waals surface area contributed by atoms with Crippen LogP contribution in [0.2, 0.25) is 0 Å². The maximum absolute atomic E-state index is 12.3. The van der Waals surface area contributed by atoms with Crippen molar-refractivity contribution in [2.24, 2.45) is 5.92 Å². The normalized spacial score (nSPS) is 27.0. The van der Waals surface area contributed by atoms with E-state index < -0.39 is 4.92 Å². The molecule has 2 aliphatic rings. The van der Waals surface area contributed by atoms with Crippen molar-refractivity contribution in [3.63, 3.8) is 0 Å². The quantitative estimate of drug-likeness (QED) is 0.656. The van der Waals surface area contributed by atoms with E-state index in [4.69, 9.17) is 0 Å². The average Bonchev–Trinajstić information content (AvgIpc) is 2.55. The van der Waals surface area contributed by atoms with Gasteiger partial charge in [0, 0.05) is 23.7 Å². The molecule has 1 aromatic carbocycles. The number of carbonyl (C=O) groups excluding carboxylic acids is 1. The van der Waals surface area contributed by atoms with Crippen molar-refractivity contribution in [1.82, 2.24) is 0 Å². The molecule has 6 heteroatoms. The largest absolute Gasteiger partial charge is 0.324 e. The molecule has 1 amide bonds. The van der Waals surface area contributed by atoms with Gasteiger partial charge < -0.3 is 10.2 Å². The number of hydrogen-bond donors (Lipinski definition) is 2. The van der Waals surface area contributed by atoms with Crippen LogP contribution in [-0.4, -0.2) is 30.0 Å². The summed E-state index contributed by atoms with van der Waals surface area (Å²) in [4.78, 5) is 24.1. The Kier molecular flexibility index (Phi) is 4.91. The van der Waals surface area contributed by atoms with Crippen molar-refractivity contribution in [3.05, 3.63) is 34.4 Å². The summed E-state index contributed by atoms with van der Waals surface area (Å²) in [5.41, 5.74) is 0.501. The van der Waals surface area contributed by atoms with Crippen LogP contribution in [0.3, 0.4) is 0 Å². The number of fused-ring (bicyclic) bond motifs is 1. The number of carbonyl (C=O) groups is 1. The summed E-state index contributed by atoms with van der Waals surface area (Å²) in [5.74, 6) is 0.727. The molecule has 0 spiro atoms. The number of quaternary nitrogens is 1. The molecule has 1 saturated heterocycles. The van der Waals surface area contributed by atoms with Crippen LogP contribution in [0, 0.1) is 16.0 Å². The third kappa shape index (κ3) is 3.88. The number of amides is 1. The lowest BCUT2D eigenvalue weighted by atomic mass is 9.78. The molecule has 3 rings (SSSR count). The van der Waals surface area contributed by atoms with Crippen LogP contribution >= 0.6 is 0 Å². The first-order chi connectivity index (χ1) is 11.1. The highest BCUT2D eigenvalue weighted by atomic mass is 16.6. The molecule has 1 unspecified atom stereocenters. The third-order valence-corrected chi connectivity index (χ3v) is 5.23. The minimum Gasteiger partial charge on any atom is -0.324 e. The molecule has 1 heterocycles. The van der Waals surface area contributed by atoms with Crippen LogP contribution in [0.5, 0.6) is 0 Å². The van der Waals surface area contributed by atoms with E-state index in [1.165, 1.54) is 55.6 Å². The number of nitro benzene ring substituents is 1. The first-order valence-corrected chi connectivity index (χ1v) is 8.52. The van der Waals surface area contributed by atoms with E-state index in [-0.39, 0.29) is 11.6 Å². The van der Waals surface area contributed by atoms with E-state index in [0.29, 0.717) is 18.3 Å². The molecule has 1 aliphatic carbocycles. The second-order valence-corrected chi connectivity index (χ2v) is 6.73. The van der Waals surface area contributed by atoms with Crippen LogP contribution in [0.1, 0.15) is 38.5 Å². The van der Waals surface area contributed by atoms with Gasteiger partial charge in [0.25, 0.3) is 11.6 Å². The van der Waals surface area contributed by atoms with Crippen LogP contribution < -0.4 is 10.2 Å². The molecule has 1 aliphatic heterocycles. The summed E-state index contributed by atoms with van der Waals surface area (Å²) in [6.45, 7) is 1.52. The zero-order valence-electron chi connectivity index (χ0n) is 13.3. The zero-order valence-corrected chi connectivity index (χ0v) is 13.3. The van der Waals surface area contributed by atoms with Gasteiger partial charge in [-0.1, -0.05) is 12.5 Å². The van der Waals surface area contributed by atoms with Crippen molar-refractivity contribution in [2.75, 3.05) is 18.4 Å². The van der Waals surface area contributed by atoms with Crippen LogP contribution in [-0.2, 0) is 4.79 Å². The molecule has 1 saturated carbocycles. The minimum atomic E-state index is -0.446. The lowest BCUT2D eigenvalue weighted by Gasteiger charge is -2.40. The smallest absolute Gasteiger partial charge is 0.279 e. The van der Waals surface area contributed by atoms with Gasteiger partial charge >= 0.3 is 0 Å². The Bertz CT molecular complexity index is 588. The molecule has 2 fully saturated rings. The lowest BCUT2D eigenvalue weighted by Crippen LogP contribution is -3.18. The molecule has 0 radical (unpaired) electrons. The highest BCUT2D eigenvalue weighted by Crippen LogP contribution is 2.28. The summed E-state index contributed by atoms with van der Waals surface area (Å²) in [6, 6.07) is 6.75. The Morgan fingerprint density at radius 1 is 1.26 bits per heavy atom. The van der Waals surface area contributed by atoms with Gasteiger partial charge in [-0.05, 0) is 38.2 Å². The van der Waals surface area contributed by atoms with Crippen LogP contribution in [0.15, 0.2) is 24.3 Å². The average molecular weight is 318 g/mol. The number of piperidine rings is 1. The number of rotatable bonds is 4. The van der Waals surface area contributed by atoms with Crippen molar-refractivity contribution in [3.8, 4) is 0 Å². The molecule has 0 bridgehead atoms. The highest BCUT2D eigenvalue weighted by molar-refractivity contribution is 5.91. The summed E-state index contributed by atoms with van der Waals surface area (Å²) in [5, 5.41) is 13.6. The van der Waals surface area contributed by atoms with E-state index in [1.807, 2.05) is 0 Å². The number of likely N-dealkylation sites (tertiary alicyclic amines) is 1. The van der Waals surface area contributed by atoms with E-state index >= 15 is 0 Å². The van der Waals surface area contributed by atoms with Gasteiger partial charge in [0.05, 0.1) is 17.5 Å². The lowest BCUT2D eigenvalue weighted by molar-refractivity contribution is -0.928. The van der Waals surface area contributed by atoms with Crippen molar-refractivity contribution < 1.29 is 14.6 Å². The summed E-state index contributed by atoms with van der Waals surface area (Å²) < 4.78 is 0. The second-order valence-electron chi connectivity index (χ2n) is 6.73. The first kappa shape index (κ1) is 15.9. The van der Waals surface area contributed by atoms with Gasteiger partial charge in [0.2, 0.25) is 0 Å². The SMILES string of the molecule is O=C(C[NH+]1CCC[C@@H]2CCCC[C@@H]21)Nc1cccc([N+](=O)[O-])c1. The summed E-state index contributed by atoms with van der Waals surface area (Å²) in [7, 11) is 0. The molecular weight excluding hydrogens is 294 g/mol. The molecule has 124 valence electrons. The second kappa shape index (κ2) is 7.08. The number of non-ortho nitro benzene ring substituents is 1. The molecule has 2 N–H and O–H groups in total. The maximum atomic E-state index is 12.3. The van der Waals surface area contributed by atoms with Gasteiger partial charge in [-0.15, -0.1) is 0 Å². The number of benzene rings is 1. The number of nitrogens with zero attached hydrogens (tertiary/aromatic N) is 1. The Balaban J connectivity index is 1.60. The molecule has 3 atom stereocenters. The van der Waals surface area contributed by atoms with E-state index in [1.54, 1.807) is 12.1 Å². The van der Waals surface area contributed by atoms with Crippen molar-refractivity contribution in [1.29, 1.82) is 0 Å². The Hall–Kier alpha value is -1.95. The fourth-order valence-corrected chi connectivity index (χ4v) is 4.20. The van der Waals surface area contributed by atoms with Gasteiger partial charge in [-0.3, -0.25) is 14.9 Å². The monoisotopic (exact) mass is 318 g/mol. The summed E-state index contributed by atoms with van der Waals surface area (Å²) in [6.07, 6.45) is 7.64. The first-order valence-electron chi connectivity index (χ1n) is 8.52. The predicted molar refractivity (Wildman–Crippen MR) is 87.4 cm³/mol. The zero-order chi connectivity index (χ0) is 16.2. The molecule has 23 heavy (non-hydrogen) atoms. The van der Waals surface area contributed by atoms with E-state index in [0.717, 1.165) is 12.5 Å². The standard InChI is InChI=1S/C17H23N3O3/c21-17(18-14-7-3-8-15(11-14)20(22)23)12-19-10-4-6-13-5-1-2-9-16(13)19/h3,7-8,11,13,16H,1-2,4-6,9-10,12H2,(H,18,21)/p+1/t13-,16-/m0/s1. The topological polar surface area (TPSA) is 76.7 Å². The minimum absolute atomic E-state index is 0.000430. The third-order valence-electron chi connectivity index (χ3n) is 5.23. The number of nitrogens with one attached hydrogen (secondary N) is 2. The fourth-order valence-electron chi connectivity index (χ4n) is 4.20. The molecule has 1 aromatic rings. The predicted octanol–water partition coefficient (Wildman–Crippen LogP) is 1.77. The number of nitro groups is 1. The van der Waals surface area contributed by atoms with Gasteiger partial charge in [0.1, 0.15) is 0 Å². The Labute approximate surface area is 136 Å². The van der Waals surface area contributed by atoms with Gasteiger partial charge in [-0.25, -0.2) is 0 Å². The van der Waals surface area contributed by atoms with Gasteiger partial charge in [-0.2, -0.15) is 0 Å². The number of hydrogen-bond acceptors (Lipinski definition) is 3. The molecule has 6 nitrogen and oxygen atoms in total. The van der Waals surface area contributed by atoms with Crippen LogP contribution in [0.4, 0.5) is 11.4 Å². The Morgan fingerprint density at radius 2 is 2.04 bits per heavy atom. The van der Waals surface area contributed by atoms with Crippen LogP contribution in [0.25, 0.3) is 0 Å². The number of anilines is 1. The fraction of sp³-hybridized carbons (Fsp3) is 0.588. The molecule has 0 aromatic heterocycles. The Morgan fingerprint density at radius 3 is 2.87 bits per heavy atom. The van der Waals surface area contributed by atoms with E-state index in [2.05, 4.69) is 5.32 Å². The maximum Gasteiger partial charge on any atom is 0.279 e. The van der Waals surface area contributed by atoms with Crippen molar-refractivity contribution >= 4 is 17.3 Å². The molecular formula is C17H24N3O3+. The van der Waals surface area contributed by atoms with Gasteiger partial charge in [0.15, 0.2) is 6.54 Å². The summed E-state index contributed by atoms with van der Waals surface area (Å²) >= 11 is 0. The van der Waals surface area contributed by atoms with Crippen molar-refractivity contribution in [2.45, 2.75) is 44.6 Å².